The Morgan fingerprint density at radius 2 is 1.49 bits per heavy atom. The van der Waals surface area contributed by atoms with Gasteiger partial charge in [-0.1, -0.05) is 91.3 Å². The fraction of sp³-hybridized carbons (Fsp3) is 0.367. The van der Waals surface area contributed by atoms with Crippen molar-refractivity contribution in [3.05, 3.63) is 107 Å². The summed E-state index contributed by atoms with van der Waals surface area (Å²) >= 11 is 6.04. The number of carbonyl (C=O) groups is 1. The van der Waals surface area contributed by atoms with Crippen LogP contribution in [0.1, 0.15) is 56.2 Å². The first kappa shape index (κ1) is 25.4. The Kier molecular flexibility index (Phi) is 7.95. The molecular formula is C30H35ClN2O2. The van der Waals surface area contributed by atoms with Crippen LogP contribution in [-0.4, -0.2) is 35.2 Å². The fourth-order valence-corrected chi connectivity index (χ4v) is 5.45. The third-order valence-electron chi connectivity index (χ3n) is 7.56. The van der Waals surface area contributed by atoms with Crippen LogP contribution in [0.3, 0.4) is 0 Å². The van der Waals surface area contributed by atoms with Crippen LogP contribution in [0.4, 0.5) is 0 Å². The van der Waals surface area contributed by atoms with Gasteiger partial charge in [-0.2, -0.15) is 0 Å². The molecule has 1 fully saturated rings. The predicted octanol–water partition coefficient (Wildman–Crippen LogP) is 5.87. The molecule has 1 aliphatic rings. The third kappa shape index (κ3) is 5.95. The second-order valence-electron chi connectivity index (χ2n) is 9.89. The molecule has 1 amide bonds. The zero-order valence-electron chi connectivity index (χ0n) is 20.6. The Morgan fingerprint density at radius 1 is 0.971 bits per heavy atom. The van der Waals surface area contributed by atoms with Gasteiger partial charge in [-0.15, -0.1) is 0 Å². The van der Waals surface area contributed by atoms with E-state index in [4.69, 9.17) is 11.6 Å². The number of hydrogen-bond acceptors (Lipinski definition) is 3. The molecule has 1 unspecified atom stereocenters. The average Bonchev–Trinajstić information content (AvgIpc) is 2.88. The van der Waals surface area contributed by atoms with Crippen molar-refractivity contribution in [2.75, 3.05) is 13.1 Å². The topological polar surface area (TPSA) is 52.6 Å². The Hall–Kier alpha value is -2.66. The quantitative estimate of drug-likeness (QED) is 0.415. The number of likely N-dealkylation sites (tertiary alicyclic amines) is 1. The van der Waals surface area contributed by atoms with Gasteiger partial charge >= 0.3 is 0 Å². The van der Waals surface area contributed by atoms with Crippen molar-refractivity contribution in [1.82, 2.24) is 10.2 Å². The molecule has 2 N–H and O–H groups in total. The highest BCUT2D eigenvalue weighted by molar-refractivity contribution is 6.30. The highest BCUT2D eigenvalue weighted by Gasteiger charge is 2.37. The number of rotatable bonds is 8. The van der Waals surface area contributed by atoms with Crippen molar-refractivity contribution < 1.29 is 9.90 Å². The van der Waals surface area contributed by atoms with Crippen molar-refractivity contribution in [3.8, 4) is 0 Å². The van der Waals surface area contributed by atoms with Crippen LogP contribution in [0.2, 0.25) is 5.02 Å². The maximum atomic E-state index is 12.1. The van der Waals surface area contributed by atoms with Crippen molar-refractivity contribution in [2.45, 2.75) is 56.7 Å². The van der Waals surface area contributed by atoms with Crippen LogP contribution in [0.25, 0.3) is 0 Å². The zero-order valence-corrected chi connectivity index (χ0v) is 21.3. The number of nitrogens with zero attached hydrogens (tertiary/aromatic N) is 1. The summed E-state index contributed by atoms with van der Waals surface area (Å²) < 4.78 is 0. The normalized spacial score (nSPS) is 17.0. The van der Waals surface area contributed by atoms with Gasteiger partial charge in [0.05, 0.1) is 11.8 Å². The molecule has 1 atom stereocenters. The Bertz CT molecular complexity index is 1050. The average molecular weight is 491 g/mol. The maximum absolute atomic E-state index is 12.1. The smallest absolute Gasteiger partial charge is 0.218 e. The first-order valence-corrected chi connectivity index (χ1v) is 12.8. The van der Waals surface area contributed by atoms with Gasteiger partial charge in [-0.25, -0.2) is 0 Å². The number of aliphatic hydroxyl groups is 1. The highest BCUT2D eigenvalue weighted by atomic mass is 35.5. The van der Waals surface area contributed by atoms with E-state index in [0.29, 0.717) is 31.0 Å². The second kappa shape index (κ2) is 10.9. The van der Waals surface area contributed by atoms with Crippen molar-refractivity contribution in [2.24, 2.45) is 0 Å². The van der Waals surface area contributed by atoms with E-state index in [1.165, 1.54) is 11.1 Å². The summed E-state index contributed by atoms with van der Waals surface area (Å²) in [5.41, 5.74) is 2.38. The molecule has 1 heterocycles. The van der Waals surface area contributed by atoms with E-state index in [1.807, 2.05) is 36.4 Å². The first-order chi connectivity index (χ1) is 16.8. The molecule has 3 aromatic rings. The number of piperidine rings is 1. The van der Waals surface area contributed by atoms with Crippen LogP contribution < -0.4 is 5.32 Å². The fourth-order valence-electron chi connectivity index (χ4n) is 5.33. The van der Waals surface area contributed by atoms with Gasteiger partial charge in [-0.05, 0) is 54.5 Å². The van der Waals surface area contributed by atoms with Crippen molar-refractivity contribution >= 4 is 17.5 Å². The van der Waals surface area contributed by atoms with E-state index >= 15 is 0 Å². The number of halogens is 1. The van der Waals surface area contributed by atoms with Gasteiger partial charge in [0, 0.05) is 30.5 Å². The third-order valence-corrected chi connectivity index (χ3v) is 7.81. The van der Waals surface area contributed by atoms with Gasteiger partial charge in [0.25, 0.3) is 0 Å². The summed E-state index contributed by atoms with van der Waals surface area (Å²) in [6.45, 7) is 5.28. The maximum Gasteiger partial charge on any atom is 0.218 e. The van der Waals surface area contributed by atoms with Crippen LogP contribution >= 0.6 is 11.6 Å². The van der Waals surface area contributed by atoms with Gasteiger partial charge in [0.1, 0.15) is 0 Å². The molecule has 0 spiro atoms. The first-order valence-electron chi connectivity index (χ1n) is 12.4. The summed E-state index contributed by atoms with van der Waals surface area (Å²) in [5.74, 6) is -0.0327. The molecule has 5 heteroatoms. The lowest BCUT2D eigenvalue weighted by Crippen LogP contribution is -2.53. The van der Waals surface area contributed by atoms with E-state index in [0.717, 1.165) is 18.4 Å². The van der Waals surface area contributed by atoms with E-state index in [-0.39, 0.29) is 17.5 Å². The molecule has 4 rings (SSSR count). The predicted molar refractivity (Wildman–Crippen MR) is 142 cm³/mol. The Balaban J connectivity index is 1.51. The van der Waals surface area contributed by atoms with Gasteiger partial charge < -0.3 is 10.4 Å². The molecule has 0 radical (unpaired) electrons. The molecule has 0 saturated carbocycles. The molecule has 0 aromatic heterocycles. The molecule has 1 aliphatic heterocycles. The number of nitrogens with one attached hydrogen (secondary N) is 1. The SMILES string of the molecule is CC(=O)NC(CCC(C)(c1ccccc1)c1ccccc1)N1CCC(O)(c2ccc(Cl)cc2)CC1. The lowest BCUT2D eigenvalue weighted by Gasteiger charge is -2.43. The molecule has 1 saturated heterocycles. The summed E-state index contributed by atoms with van der Waals surface area (Å²) in [4.78, 5) is 14.5. The Labute approximate surface area is 213 Å². The highest BCUT2D eigenvalue weighted by Crippen LogP contribution is 2.38. The lowest BCUT2D eigenvalue weighted by atomic mass is 9.72. The minimum Gasteiger partial charge on any atom is -0.385 e. The molecule has 35 heavy (non-hydrogen) atoms. The monoisotopic (exact) mass is 490 g/mol. The molecule has 184 valence electrons. The van der Waals surface area contributed by atoms with E-state index < -0.39 is 5.60 Å². The lowest BCUT2D eigenvalue weighted by molar-refractivity contribution is -0.121. The molecule has 4 nitrogen and oxygen atoms in total. The van der Waals surface area contributed by atoms with Crippen molar-refractivity contribution in [1.29, 1.82) is 0 Å². The minimum absolute atomic E-state index is 0.0327. The number of benzene rings is 3. The number of amides is 1. The Morgan fingerprint density at radius 3 is 1.97 bits per heavy atom. The molecule has 3 aromatic carbocycles. The van der Waals surface area contributed by atoms with Gasteiger partial charge in [-0.3, -0.25) is 9.69 Å². The van der Waals surface area contributed by atoms with Crippen LogP contribution in [-0.2, 0) is 15.8 Å². The van der Waals surface area contributed by atoms with E-state index in [2.05, 4.69) is 65.7 Å². The summed E-state index contributed by atoms with van der Waals surface area (Å²) in [7, 11) is 0. The zero-order chi connectivity index (χ0) is 24.9. The minimum atomic E-state index is -0.871. The van der Waals surface area contributed by atoms with Crippen LogP contribution in [0.15, 0.2) is 84.9 Å². The van der Waals surface area contributed by atoms with Crippen LogP contribution in [0, 0.1) is 0 Å². The van der Waals surface area contributed by atoms with E-state index in [9.17, 15) is 9.90 Å². The summed E-state index contributed by atoms with van der Waals surface area (Å²) in [5, 5.41) is 15.2. The van der Waals surface area contributed by atoms with Crippen LogP contribution in [0.5, 0.6) is 0 Å². The largest absolute Gasteiger partial charge is 0.385 e. The molecule has 0 aliphatic carbocycles. The number of carbonyl (C=O) groups excluding carboxylic acids is 1. The summed E-state index contributed by atoms with van der Waals surface area (Å²) in [6.07, 6.45) is 2.82. The van der Waals surface area contributed by atoms with Gasteiger partial charge in [0.2, 0.25) is 5.91 Å². The standard InChI is InChI=1S/C30H35ClN2O2/c1-23(34)32-28(33-21-19-30(35,20-22-33)26-13-15-27(31)16-14-26)17-18-29(2,24-9-5-3-6-10-24)25-11-7-4-8-12-25/h3-16,28,35H,17-22H2,1-2H3,(H,32,34). The number of hydrogen-bond donors (Lipinski definition) is 2. The second-order valence-corrected chi connectivity index (χ2v) is 10.3. The van der Waals surface area contributed by atoms with Crippen molar-refractivity contribution in [3.63, 3.8) is 0 Å². The summed E-state index contributed by atoms with van der Waals surface area (Å²) in [6, 6.07) is 28.7. The van der Waals surface area contributed by atoms with Gasteiger partial charge in [0.15, 0.2) is 0 Å². The molecular weight excluding hydrogens is 456 g/mol. The molecule has 0 bridgehead atoms. The van der Waals surface area contributed by atoms with E-state index in [1.54, 1.807) is 6.92 Å².